The Morgan fingerprint density at radius 3 is 2.57 bits per heavy atom. The molecule has 1 rings (SSSR count). The highest BCUT2D eigenvalue weighted by Gasteiger charge is 2.17. The van der Waals surface area contributed by atoms with E-state index in [-0.39, 0.29) is 11.3 Å². The smallest absolute Gasteiger partial charge is 0.325 e. The van der Waals surface area contributed by atoms with Crippen molar-refractivity contribution < 1.29 is 14.3 Å². The van der Waals surface area contributed by atoms with Gasteiger partial charge in [0.15, 0.2) is 0 Å². The molecule has 0 aliphatic carbocycles. The van der Waals surface area contributed by atoms with E-state index in [2.05, 4.69) is 15.9 Å². The molecule has 0 heterocycles. The average molecular weight is 263 g/mol. The molecule has 0 amide bonds. The molecule has 6 heteroatoms. The molecule has 14 heavy (non-hydrogen) atoms. The second kappa shape index (κ2) is 3.93. The van der Waals surface area contributed by atoms with E-state index in [1.807, 2.05) is 0 Å². The highest BCUT2D eigenvalue weighted by molar-refractivity contribution is 9.10. The number of benzene rings is 1. The predicted molar refractivity (Wildman–Crippen MR) is 53.1 cm³/mol. The van der Waals surface area contributed by atoms with Crippen LogP contribution in [0, 0.1) is 5.82 Å². The second-order valence-electron chi connectivity index (χ2n) is 2.71. The van der Waals surface area contributed by atoms with Gasteiger partial charge < -0.3 is 16.6 Å². The third kappa shape index (κ3) is 2.02. The monoisotopic (exact) mass is 262 g/mol. The van der Waals surface area contributed by atoms with Crippen molar-refractivity contribution in [2.45, 2.75) is 6.04 Å². The van der Waals surface area contributed by atoms with Gasteiger partial charge in [-0.3, -0.25) is 4.79 Å². The second-order valence-corrected chi connectivity index (χ2v) is 3.57. The molecule has 4 nitrogen and oxygen atoms in total. The number of carbonyl (C=O) groups is 1. The summed E-state index contributed by atoms with van der Waals surface area (Å²) in [7, 11) is 0. The molecule has 0 saturated heterocycles. The van der Waals surface area contributed by atoms with Gasteiger partial charge in [-0.05, 0) is 33.6 Å². The van der Waals surface area contributed by atoms with Gasteiger partial charge in [-0.15, -0.1) is 0 Å². The first-order valence-electron chi connectivity index (χ1n) is 3.66. The fourth-order valence-corrected chi connectivity index (χ4v) is 1.38. The molecule has 0 saturated carbocycles. The first-order chi connectivity index (χ1) is 6.43. The minimum Gasteiger partial charge on any atom is -0.480 e. The maximum Gasteiger partial charge on any atom is 0.325 e. The molecule has 1 aromatic carbocycles. The van der Waals surface area contributed by atoms with E-state index in [9.17, 15) is 9.18 Å². The van der Waals surface area contributed by atoms with E-state index in [0.29, 0.717) is 4.47 Å². The van der Waals surface area contributed by atoms with Gasteiger partial charge in [0.1, 0.15) is 11.9 Å². The summed E-state index contributed by atoms with van der Waals surface area (Å²) < 4.78 is 13.4. The Labute approximate surface area is 87.8 Å². The van der Waals surface area contributed by atoms with Crippen molar-refractivity contribution in [2.24, 2.45) is 5.73 Å². The molecule has 0 spiro atoms. The molecule has 1 atom stereocenters. The maximum atomic E-state index is 13.1. The zero-order valence-corrected chi connectivity index (χ0v) is 8.58. The van der Waals surface area contributed by atoms with E-state index in [4.69, 9.17) is 16.6 Å². The first kappa shape index (κ1) is 10.9. The van der Waals surface area contributed by atoms with Crippen LogP contribution in [-0.2, 0) is 4.79 Å². The maximum absolute atomic E-state index is 13.1. The highest BCUT2D eigenvalue weighted by Crippen LogP contribution is 2.26. The predicted octanol–water partition coefficient (Wildman–Crippen LogP) is 1.25. The average Bonchev–Trinajstić information content (AvgIpc) is 2.12. The number of anilines is 1. The van der Waals surface area contributed by atoms with Gasteiger partial charge >= 0.3 is 5.97 Å². The van der Waals surface area contributed by atoms with Gasteiger partial charge in [0.25, 0.3) is 0 Å². The summed E-state index contributed by atoms with van der Waals surface area (Å²) in [5.74, 6) is -1.91. The Hall–Kier alpha value is -1.14. The third-order valence-electron chi connectivity index (χ3n) is 1.73. The zero-order chi connectivity index (χ0) is 10.9. The number of nitrogens with two attached hydrogens (primary N) is 2. The van der Waals surface area contributed by atoms with E-state index in [1.165, 1.54) is 6.07 Å². The number of carboxylic acid groups (broad SMARTS) is 1. The van der Waals surface area contributed by atoms with E-state index in [1.54, 1.807) is 0 Å². The number of carboxylic acids is 1. The van der Waals surface area contributed by atoms with Gasteiger partial charge in [-0.1, -0.05) is 0 Å². The van der Waals surface area contributed by atoms with Crippen molar-refractivity contribution in [1.82, 2.24) is 0 Å². The van der Waals surface area contributed by atoms with Crippen LogP contribution in [0.15, 0.2) is 16.6 Å². The minimum atomic E-state index is -1.25. The Bertz CT molecular complexity index is 361. The van der Waals surface area contributed by atoms with E-state index in [0.717, 1.165) is 6.07 Å². The molecule has 0 radical (unpaired) electrons. The Kier molecular flexibility index (Phi) is 3.07. The minimum absolute atomic E-state index is 0.0636. The fraction of sp³-hybridized carbons (Fsp3) is 0.125. The lowest BCUT2D eigenvalue weighted by atomic mass is 10.1. The summed E-state index contributed by atoms with van der Waals surface area (Å²) in [5.41, 5.74) is 10.7. The molecule has 1 unspecified atom stereocenters. The molecule has 0 fully saturated rings. The van der Waals surface area contributed by atoms with Gasteiger partial charge in [0, 0.05) is 4.47 Å². The molecule has 0 bridgehead atoms. The van der Waals surface area contributed by atoms with Gasteiger partial charge in [0.05, 0.1) is 5.69 Å². The van der Waals surface area contributed by atoms with Crippen molar-refractivity contribution in [2.75, 3.05) is 5.73 Å². The van der Waals surface area contributed by atoms with Crippen LogP contribution in [-0.4, -0.2) is 11.1 Å². The Morgan fingerprint density at radius 2 is 2.14 bits per heavy atom. The normalized spacial score (nSPS) is 12.5. The lowest BCUT2D eigenvalue weighted by Crippen LogP contribution is -2.20. The molecular formula is C8H8BrFN2O2. The van der Waals surface area contributed by atoms with Gasteiger partial charge in [-0.25, -0.2) is 4.39 Å². The van der Waals surface area contributed by atoms with Gasteiger partial charge in [0.2, 0.25) is 0 Å². The van der Waals surface area contributed by atoms with Crippen molar-refractivity contribution >= 4 is 27.6 Å². The quantitative estimate of drug-likeness (QED) is 0.700. The molecule has 0 aromatic heterocycles. The number of nitrogen functional groups attached to an aromatic ring is 1. The van der Waals surface area contributed by atoms with Crippen molar-refractivity contribution in [3.63, 3.8) is 0 Å². The van der Waals surface area contributed by atoms with Crippen LogP contribution in [0.4, 0.5) is 10.1 Å². The number of rotatable bonds is 2. The highest BCUT2D eigenvalue weighted by atomic mass is 79.9. The zero-order valence-electron chi connectivity index (χ0n) is 7.00. The number of hydrogen-bond donors (Lipinski definition) is 3. The van der Waals surface area contributed by atoms with Gasteiger partial charge in [-0.2, -0.15) is 0 Å². The topological polar surface area (TPSA) is 89.3 Å². The molecule has 76 valence electrons. The number of aliphatic carboxylic acids is 1. The fourth-order valence-electron chi connectivity index (χ4n) is 0.926. The van der Waals surface area contributed by atoms with Crippen LogP contribution < -0.4 is 11.5 Å². The van der Waals surface area contributed by atoms with E-state index >= 15 is 0 Å². The molecule has 0 aliphatic rings. The molecular weight excluding hydrogens is 255 g/mol. The van der Waals surface area contributed by atoms with Crippen LogP contribution in [0.2, 0.25) is 0 Å². The van der Waals surface area contributed by atoms with Crippen molar-refractivity contribution in [3.05, 3.63) is 28.0 Å². The summed E-state index contributed by atoms with van der Waals surface area (Å²) in [5, 5.41) is 8.59. The van der Waals surface area contributed by atoms with Crippen molar-refractivity contribution in [3.8, 4) is 0 Å². The largest absolute Gasteiger partial charge is 0.480 e. The summed E-state index contributed by atoms with van der Waals surface area (Å²) in [6.07, 6.45) is 0. The first-order valence-corrected chi connectivity index (χ1v) is 4.45. The molecule has 1 aromatic rings. The van der Waals surface area contributed by atoms with Crippen LogP contribution in [0.5, 0.6) is 0 Å². The number of halogens is 2. The number of hydrogen-bond acceptors (Lipinski definition) is 3. The van der Waals surface area contributed by atoms with Crippen molar-refractivity contribution in [1.29, 1.82) is 0 Å². The van der Waals surface area contributed by atoms with Crippen LogP contribution in [0.25, 0.3) is 0 Å². The Balaban J connectivity index is 3.19. The molecule has 5 N–H and O–H groups in total. The SMILES string of the molecule is Nc1c(F)cc(C(N)C(=O)O)cc1Br. The lowest BCUT2D eigenvalue weighted by molar-refractivity contribution is -0.138. The standard InChI is InChI=1S/C8H8BrFN2O2/c9-4-1-3(6(11)8(13)14)2-5(10)7(4)12/h1-2,6H,11-12H2,(H,13,14). The van der Waals surface area contributed by atoms with Crippen LogP contribution in [0.1, 0.15) is 11.6 Å². The summed E-state index contributed by atoms with van der Waals surface area (Å²) in [6, 6.07) is 1.15. The van der Waals surface area contributed by atoms with Crippen LogP contribution >= 0.6 is 15.9 Å². The molecule has 0 aliphatic heterocycles. The van der Waals surface area contributed by atoms with E-state index < -0.39 is 17.8 Å². The van der Waals surface area contributed by atoms with Crippen LogP contribution in [0.3, 0.4) is 0 Å². The summed E-state index contributed by atoms with van der Waals surface area (Å²) in [4.78, 5) is 10.5. The summed E-state index contributed by atoms with van der Waals surface area (Å²) >= 11 is 3.00. The Morgan fingerprint density at radius 1 is 1.57 bits per heavy atom. The lowest BCUT2D eigenvalue weighted by Gasteiger charge is -2.09. The third-order valence-corrected chi connectivity index (χ3v) is 2.38. The summed E-state index contributed by atoms with van der Waals surface area (Å²) in [6.45, 7) is 0.